The van der Waals surface area contributed by atoms with E-state index in [9.17, 15) is 14.9 Å². The van der Waals surface area contributed by atoms with Crippen molar-refractivity contribution in [1.82, 2.24) is 5.32 Å². The first-order valence-corrected chi connectivity index (χ1v) is 5.78. The van der Waals surface area contributed by atoms with E-state index in [1.165, 1.54) is 18.2 Å². The van der Waals surface area contributed by atoms with Gasteiger partial charge in [0.25, 0.3) is 5.91 Å². The van der Waals surface area contributed by atoms with Crippen LogP contribution in [-0.4, -0.2) is 23.4 Å². The normalized spacial score (nSPS) is 11.9. The fourth-order valence-electron chi connectivity index (χ4n) is 1.39. The first-order chi connectivity index (χ1) is 8.43. The first kappa shape index (κ1) is 14.4. The molecule has 1 atom stereocenters. The van der Waals surface area contributed by atoms with Gasteiger partial charge in [-0.05, 0) is 25.5 Å². The fourth-order valence-corrected chi connectivity index (χ4v) is 1.64. The van der Waals surface area contributed by atoms with Crippen molar-refractivity contribution < 1.29 is 9.72 Å². The SMILES string of the molecule is CC(N)CCNC(=O)c1cccc(Cl)c1[N+](=O)[O-]. The van der Waals surface area contributed by atoms with Gasteiger partial charge >= 0.3 is 5.69 Å². The number of nitro benzene ring substituents is 1. The molecule has 1 aromatic carbocycles. The molecule has 0 saturated carbocycles. The van der Waals surface area contributed by atoms with Crippen LogP contribution < -0.4 is 11.1 Å². The fraction of sp³-hybridized carbons (Fsp3) is 0.364. The van der Waals surface area contributed by atoms with Crippen molar-refractivity contribution in [2.24, 2.45) is 5.73 Å². The zero-order valence-corrected chi connectivity index (χ0v) is 10.6. The predicted octanol–water partition coefficient (Wildman–Crippen LogP) is 1.72. The van der Waals surface area contributed by atoms with Gasteiger partial charge < -0.3 is 11.1 Å². The Labute approximate surface area is 109 Å². The second-order valence-corrected chi connectivity index (χ2v) is 4.32. The van der Waals surface area contributed by atoms with Crippen LogP contribution in [0.2, 0.25) is 5.02 Å². The molecule has 7 heteroatoms. The van der Waals surface area contributed by atoms with E-state index in [0.717, 1.165) is 0 Å². The molecule has 0 heterocycles. The van der Waals surface area contributed by atoms with Crippen LogP contribution in [0.25, 0.3) is 0 Å². The minimum atomic E-state index is -0.664. The van der Waals surface area contributed by atoms with E-state index in [-0.39, 0.29) is 22.3 Å². The van der Waals surface area contributed by atoms with Crippen LogP contribution in [0.3, 0.4) is 0 Å². The van der Waals surface area contributed by atoms with Gasteiger partial charge in [-0.15, -0.1) is 0 Å². The number of carbonyl (C=O) groups is 1. The highest BCUT2D eigenvalue weighted by Gasteiger charge is 2.23. The van der Waals surface area contributed by atoms with Crippen molar-refractivity contribution in [3.05, 3.63) is 38.9 Å². The van der Waals surface area contributed by atoms with E-state index >= 15 is 0 Å². The molecule has 1 unspecified atom stereocenters. The summed E-state index contributed by atoms with van der Waals surface area (Å²) in [7, 11) is 0. The summed E-state index contributed by atoms with van der Waals surface area (Å²) in [4.78, 5) is 22.0. The van der Waals surface area contributed by atoms with Gasteiger partial charge in [0.2, 0.25) is 0 Å². The third-order valence-corrected chi connectivity index (χ3v) is 2.60. The highest BCUT2D eigenvalue weighted by molar-refractivity contribution is 6.33. The molecule has 0 aliphatic carbocycles. The topological polar surface area (TPSA) is 98.3 Å². The molecule has 1 aromatic rings. The third-order valence-electron chi connectivity index (χ3n) is 2.30. The number of amides is 1. The van der Waals surface area contributed by atoms with Gasteiger partial charge in [0.1, 0.15) is 10.6 Å². The van der Waals surface area contributed by atoms with E-state index < -0.39 is 10.8 Å². The van der Waals surface area contributed by atoms with Crippen molar-refractivity contribution in [2.75, 3.05) is 6.54 Å². The molecule has 18 heavy (non-hydrogen) atoms. The Morgan fingerprint density at radius 3 is 2.83 bits per heavy atom. The third kappa shape index (κ3) is 3.68. The lowest BCUT2D eigenvalue weighted by Crippen LogP contribution is -2.29. The average Bonchev–Trinajstić information content (AvgIpc) is 2.27. The van der Waals surface area contributed by atoms with Crippen LogP contribution in [0.4, 0.5) is 5.69 Å². The number of nitro groups is 1. The Bertz CT molecular complexity index is 463. The van der Waals surface area contributed by atoms with Crippen LogP contribution in [0, 0.1) is 10.1 Å². The van der Waals surface area contributed by atoms with Crippen LogP contribution in [0.5, 0.6) is 0 Å². The maximum atomic E-state index is 11.8. The van der Waals surface area contributed by atoms with Crippen molar-refractivity contribution in [2.45, 2.75) is 19.4 Å². The van der Waals surface area contributed by atoms with Crippen LogP contribution in [0.15, 0.2) is 18.2 Å². The summed E-state index contributed by atoms with van der Waals surface area (Å²) in [6.07, 6.45) is 0.597. The molecule has 1 rings (SSSR count). The molecular weight excluding hydrogens is 258 g/mol. The lowest BCUT2D eigenvalue weighted by atomic mass is 10.1. The highest BCUT2D eigenvalue weighted by atomic mass is 35.5. The second-order valence-electron chi connectivity index (χ2n) is 3.91. The molecule has 1 amide bonds. The summed E-state index contributed by atoms with van der Waals surface area (Å²) < 4.78 is 0. The lowest BCUT2D eigenvalue weighted by Gasteiger charge is -2.08. The van der Waals surface area contributed by atoms with Gasteiger partial charge in [0, 0.05) is 12.6 Å². The Morgan fingerprint density at radius 2 is 2.28 bits per heavy atom. The van der Waals surface area contributed by atoms with Crippen molar-refractivity contribution in [1.29, 1.82) is 0 Å². The van der Waals surface area contributed by atoms with E-state index in [0.29, 0.717) is 13.0 Å². The monoisotopic (exact) mass is 271 g/mol. The highest BCUT2D eigenvalue weighted by Crippen LogP contribution is 2.27. The number of nitrogens with two attached hydrogens (primary N) is 1. The van der Waals surface area contributed by atoms with Gasteiger partial charge in [-0.1, -0.05) is 17.7 Å². The lowest BCUT2D eigenvalue weighted by molar-refractivity contribution is -0.385. The van der Waals surface area contributed by atoms with E-state index in [1.54, 1.807) is 0 Å². The molecule has 0 fully saturated rings. The Hall–Kier alpha value is -1.66. The van der Waals surface area contributed by atoms with Gasteiger partial charge in [-0.25, -0.2) is 0 Å². The number of carbonyl (C=O) groups excluding carboxylic acids is 1. The summed E-state index contributed by atoms with van der Waals surface area (Å²) in [5.41, 5.74) is 5.12. The second kappa shape index (κ2) is 6.32. The quantitative estimate of drug-likeness (QED) is 0.629. The Kier molecular flexibility index (Phi) is 5.06. The van der Waals surface area contributed by atoms with Gasteiger partial charge in [0.05, 0.1) is 4.92 Å². The maximum absolute atomic E-state index is 11.8. The molecule has 0 bridgehead atoms. The molecule has 6 nitrogen and oxygen atoms in total. The van der Waals surface area contributed by atoms with E-state index in [1.807, 2.05) is 6.92 Å². The molecule has 0 aliphatic heterocycles. The molecule has 0 saturated heterocycles. The summed E-state index contributed by atoms with van der Waals surface area (Å²) in [5, 5.41) is 13.4. The molecule has 0 aliphatic rings. The Balaban J connectivity index is 2.86. The summed E-state index contributed by atoms with van der Waals surface area (Å²) in [6, 6.07) is 4.19. The number of hydrogen-bond acceptors (Lipinski definition) is 4. The van der Waals surface area contributed by atoms with E-state index in [2.05, 4.69) is 5.32 Å². The molecular formula is C11H14ClN3O3. The van der Waals surface area contributed by atoms with Crippen molar-refractivity contribution in [3.63, 3.8) is 0 Å². The van der Waals surface area contributed by atoms with Crippen molar-refractivity contribution >= 4 is 23.2 Å². The minimum Gasteiger partial charge on any atom is -0.352 e. The number of rotatable bonds is 5. The zero-order chi connectivity index (χ0) is 13.7. The number of benzene rings is 1. The summed E-state index contributed by atoms with van der Waals surface area (Å²) in [6.45, 7) is 2.17. The minimum absolute atomic E-state index is 0.0420. The van der Waals surface area contributed by atoms with Crippen LogP contribution in [-0.2, 0) is 0 Å². The average molecular weight is 272 g/mol. The van der Waals surface area contributed by atoms with Crippen molar-refractivity contribution in [3.8, 4) is 0 Å². The molecule has 3 N–H and O–H groups in total. The van der Waals surface area contributed by atoms with Crippen LogP contribution >= 0.6 is 11.6 Å². The van der Waals surface area contributed by atoms with Gasteiger partial charge in [-0.3, -0.25) is 14.9 Å². The molecule has 0 aromatic heterocycles. The van der Waals surface area contributed by atoms with Gasteiger partial charge in [-0.2, -0.15) is 0 Å². The van der Waals surface area contributed by atoms with Gasteiger partial charge in [0.15, 0.2) is 0 Å². The van der Waals surface area contributed by atoms with Crippen LogP contribution in [0.1, 0.15) is 23.7 Å². The largest absolute Gasteiger partial charge is 0.352 e. The predicted molar refractivity (Wildman–Crippen MR) is 68.7 cm³/mol. The number of nitrogens with one attached hydrogen (secondary N) is 1. The zero-order valence-electron chi connectivity index (χ0n) is 9.85. The maximum Gasteiger partial charge on any atom is 0.300 e. The summed E-state index contributed by atoms with van der Waals surface area (Å²) in [5.74, 6) is -0.523. The number of para-hydroxylation sites is 1. The standard InChI is InChI=1S/C11H14ClN3O3/c1-7(13)5-6-14-11(16)8-3-2-4-9(12)10(8)15(17)18/h2-4,7H,5-6,13H2,1H3,(H,14,16). The number of halogens is 1. The number of hydrogen-bond donors (Lipinski definition) is 2. The van der Waals surface area contributed by atoms with E-state index in [4.69, 9.17) is 17.3 Å². The summed E-state index contributed by atoms with van der Waals surface area (Å²) >= 11 is 5.71. The molecule has 0 radical (unpaired) electrons. The molecule has 0 spiro atoms. The number of nitrogens with zero attached hydrogens (tertiary/aromatic N) is 1. The first-order valence-electron chi connectivity index (χ1n) is 5.40. The Morgan fingerprint density at radius 1 is 1.61 bits per heavy atom. The molecule has 98 valence electrons. The smallest absolute Gasteiger partial charge is 0.300 e.